The lowest BCUT2D eigenvalue weighted by Crippen LogP contribution is -2.12. The number of benzene rings is 1. The minimum absolute atomic E-state index is 0.258. The maximum atomic E-state index is 12.5. The predicted molar refractivity (Wildman–Crippen MR) is 91.9 cm³/mol. The highest BCUT2D eigenvalue weighted by Crippen LogP contribution is 2.26. The summed E-state index contributed by atoms with van der Waals surface area (Å²) >= 11 is 1.26. The van der Waals surface area contributed by atoms with E-state index in [0.717, 1.165) is 11.0 Å². The molecule has 2 N–H and O–H groups in total. The van der Waals surface area contributed by atoms with E-state index >= 15 is 0 Å². The van der Waals surface area contributed by atoms with Crippen LogP contribution in [0.3, 0.4) is 0 Å². The summed E-state index contributed by atoms with van der Waals surface area (Å²) in [5.41, 5.74) is 2.30. The second kappa shape index (κ2) is 5.82. The van der Waals surface area contributed by atoms with E-state index in [4.69, 9.17) is 0 Å². The first-order valence-corrected chi connectivity index (χ1v) is 8.03. The number of carbonyl (C=O) groups excluding carboxylic acids is 1. The molecule has 0 unspecified atom stereocenters. The Morgan fingerprint density at radius 2 is 1.92 bits per heavy atom. The molecule has 7 nitrogen and oxygen atoms in total. The zero-order valence-electron chi connectivity index (χ0n) is 12.6. The lowest BCUT2D eigenvalue weighted by Gasteiger charge is -1.99. The lowest BCUT2D eigenvalue weighted by atomic mass is 10.3. The van der Waals surface area contributed by atoms with Crippen molar-refractivity contribution < 1.29 is 4.79 Å². The monoisotopic (exact) mass is 336 g/mol. The van der Waals surface area contributed by atoms with Crippen molar-refractivity contribution in [3.63, 3.8) is 0 Å². The number of hydrogen-bond donors (Lipinski definition) is 2. The number of anilines is 1. The fourth-order valence-electron chi connectivity index (χ4n) is 2.29. The Morgan fingerprint density at radius 1 is 1.12 bits per heavy atom. The summed E-state index contributed by atoms with van der Waals surface area (Å²) in [5, 5.41) is 3.39. The van der Waals surface area contributed by atoms with Crippen LogP contribution in [-0.4, -0.2) is 30.8 Å². The summed E-state index contributed by atoms with van der Waals surface area (Å²) in [6, 6.07) is 9.32. The first-order valence-electron chi connectivity index (χ1n) is 7.21. The average molecular weight is 336 g/mol. The molecule has 8 heteroatoms. The molecular weight excluding hydrogens is 324 g/mol. The highest BCUT2D eigenvalue weighted by Gasteiger charge is 2.18. The van der Waals surface area contributed by atoms with Crippen molar-refractivity contribution in [3.05, 3.63) is 53.3 Å². The molecule has 4 rings (SSSR count). The number of hydrogen-bond acceptors (Lipinski definition) is 6. The smallest absolute Gasteiger partial charge is 0.269 e. The van der Waals surface area contributed by atoms with E-state index in [-0.39, 0.29) is 5.91 Å². The second-order valence-corrected chi connectivity index (χ2v) is 6.06. The molecule has 0 saturated carbocycles. The molecule has 1 amide bonds. The van der Waals surface area contributed by atoms with E-state index in [2.05, 4.69) is 30.2 Å². The molecule has 0 fully saturated rings. The minimum atomic E-state index is -0.258. The van der Waals surface area contributed by atoms with Gasteiger partial charge in [0.2, 0.25) is 5.95 Å². The van der Waals surface area contributed by atoms with Crippen molar-refractivity contribution in [2.24, 2.45) is 0 Å². The number of nitrogens with one attached hydrogen (secondary N) is 2. The van der Waals surface area contributed by atoms with E-state index in [1.54, 1.807) is 25.4 Å². The van der Waals surface area contributed by atoms with Gasteiger partial charge in [0.05, 0.1) is 16.7 Å². The Balaban J connectivity index is 1.61. The second-order valence-electron chi connectivity index (χ2n) is 5.06. The molecule has 3 aromatic heterocycles. The van der Waals surface area contributed by atoms with Crippen molar-refractivity contribution in [3.8, 4) is 10.8 Å². The molecule has 3 heterocycles. The molecule has 0 aliphatic carbocycles. The summed E-state index contributed by atoms with van der Waals surface area (Å²) in [4.78, 5) is 33.2. The van der Waals surface area contributed by atoms with Gasteiger partial charge >= 0.3 is 0 Å². The minimum Gasteiger partial charge on any atom is -0.324 e. The van der Waals surface area contributed by atoms with Crippen LogP contribution in [0.1, 0.15) is 15.4 Å². The Kier molecular flexibility index (Phi) is 3.51. The van der Waals surface area contributed by atoms with Crippen molar-refractivity contribution in [2.75, 3.05) is 5.32 Å². The number of fused-ring (bicyclic) bond motifs is 1. The summed E-state index contributed by atoms with van der Waals surface area (Å²) in [6.45, 7) is 1.79. The van der Waals surface area contributed by atoms with Crippen molar-refractivity contribution >= 4 is 34.2 Å². The Bertz CT molecular complexity index is 990. The molecule has 0 radical (unpaired) electrons. The summed E-state index contributed by atoms with van der Waals surface area (Å²) in [7, 11) is 0. The maximum Gasteiger partial charge on any atom is 0.269 e. The van der Waals surface area contributed by atoms with E-state index in [1.165, 1.54) is 11.3 Å². The van der Waals surface area contributed by atoms with Crippen LogP contribution in [0, 0.1) is 6.92 Å². The molecule has 118 valence electrons. The number of rotatable bonds is 3. The number of aromatic amines is 1. The third kappa shape index (κ3) is 2.63. The lowest BCUT2D eigenvalue weighted by molar-refractivity contribution is 0.102. The van der Waals surface area contributed by atoms with Gasteiger partial charge in [-0.1, -0.05) is 12.1 Å². The molecule has 0 aliphatic heterocycles. The summed E-state index contributed by atoms with van der Waals surface area (Å²) < 4.78 is 0. The van der Waals surface area contributed by atoms with E-state index in [1.807, 2.05) is 24.3 Å². The van der Waals surface area contributed by atoms with E-state index in [0.29, 0.717) is 27.4 Å². The van der Waals surface area contributed by atoms with Crippen LogP contribution in [0.4, 0.5) is 5.95 Å². The van der Waals surface area contributed by atoms with Crippen molar-refractivity contribution in [1.29, 1.82) is 0 Å². The molecular formula is C16H12N6OS. The van der Waals surface area contributed by atoms with Gasteiger partial charge in [-0.15, -0.1) is 11.3 Å². The standard InChI is InChI=1S/C16H12N6OS/c1-9-12(24-15(19-9)13-17-7-4-8-18-13)14(23)22-16-20-10-5-2-3-6-11(10)21-16/h2-8H,1H3,(H2,20,21,22,23). The number of amides is 1. The van der Waals surface area contributed by atoms with Gasteiger partial charge in [-0.25, -0.2) is 19.9 Å². The van der Waals surface area contributed by atoms with Gasteiger partial charge in [0.1, 0.15) is 4.88 Å². The van der Waals surface area contributed by atoms with Gasteiger partial charge in [0, 0.05) is 12.4 Å². The number of imidazole rings is 1. The molecule has 4 aromatic rings. The molecule has 24 heavy (non-hydrogen) atoms. The number of aryl methyl sites for hydroxylation is 1. The van der Waals surface area contributed by atoms with Crippen LogP contribution in [0.2, 0.25) is 0 Å². The quantitative estimate of drug-likeness (QED) is 0.599. The highest BCUT2D eigenvalue weighted by molar-refractivity contribution is 7.17. The van der Waals surface area contributed by atoms with Crippen LogP contribution in [-0.2, 0) is 0 Å². The zero-order chi connectivity index (χ0) is 16.5. The first-order chi connectivity index (χ1) is 11.7. The van der Waals surface area contributed by atoms with Crippen molar-refractivity contribution in [1.82, 2.24) is 24.9 Å². The SMILES string of the molecule is Cc1nc(-c2ncccn2)sc1C(=O)Nc1nc2ccccc2[nH]1. The number of carbonyl (C=O) groups is 1. The van der Waals surface area contributed by atoms with Crippen molar-refractivity contribution in [2.45, 2.75) is 6.92 Å². The number of nitrogens with zero attached hydrogens (tertiary/aromatic N) is 4. The van der Waals surface area contributed by atoms with Gasteiger partial charge in [-0.3, -0.25) is 10.1 Å². The summed E-state index contributed by atoms with van der Waals surface area (Å²) in [6.07, 6.45) is 3.29. The third-order valence-corrected chi connectivity index (χ3v) is 4.53. The summed E-state index contributed by atoms with van der Waals surface area (Å²) in [5.74, 6) is 0.658. The van der Waals surface area contributed by atoms with Crippen LogP contribution < -0.4 is 5.32 Å². The molecule has 0 atom stereocenters. The van der Waals surface area contributed by atoms with Gasteiger partial charge < -0.3 is 4.98 Å². The zero-order valence-corrected chi connectivity index (χ0v) is 13.5. The van der Waals surface area contributed by atoms with Crippen LogP contribution >= 0.6 is 11.3 Å². The molecule has 1 aromatic carbocycles. The Labute approximate surface area is 140 Å². The number of H-pyrrole nitrogens is 1. The number of thiazole rings is 1. The fourth-order valence-corrected chi connectivity index (χ4v) is 3.20. The van der Waals surface area contributed by atoms with Crippen LogP contribution in [0.25, 0.3) is 21.9 Å². The Morgan fingerprint density at radius 3 is 2.71 bits per heavy atom. The number of para-hydroxylation sites is 2. The van der Waals surface area contributed by atoms with E-state index in [9.17, 15) is 4.79 Å². The molecule has 0 bridgehead atoms. The van der Waals surface area contributed by atoms with Gasteiger partial charge in [0.15, 0.2) is 10.8 Å². The van der Waals surface area contributed by atoms with Gasteiger partial charge in [-0.05, 0) is 25.1 Å². The first kappa shape index (κ1) is 14.5. The maximum absolute atomic E-state index is 12.5. The largest absolute Gasteiger partial charge is 0.324 e. The number of aromatic nitrogens is 5. The third-order valence-electron chi connectivity index (χ3n) is 3.38. The van der Waals surface area contributed by atoms with Crippen LogP contribution in [0.5, 0.6) is 0 Å². The molecule has 0 spiro atoms. The highest BCUT2D eigenvalue weighted by atomic mass is 32.1. The van der Waals surface area contributed by atoms with Crippen LogP contribution in [0.15, 0.2) is 42.7 Å². The Hall–Kier alpha value is -3.13. The predicted octanol–water partition coefficient (Wildman–Crippen LogP) is 3.04. The fraction of sp³-hybridized carbons (Fsp3) is 0.0625. The molecule has 0 saturated heterocycles. The average Bonchev–Trinajstić information content (AvgIpc) is 3.18. The van der Waals surface area contributed by atoms with Gasteiger partial charge in [-0.2, -0.15) is 0 Å². The normalized spacial score (nSPS) is 10.9. The topological polar surface area (TPSA) is 96.4 Å². The molecule has 0 aliphatic rings. The van der Waals surface area contributed by atoms with Gasteiger partial charge in [0.25, 0.3) is 5.91 Å². The van der Waals surface area contributed by atoms with E-state index < -0.39 is 0 Å².